The molecule has 0 bridgehead atoms. The van der Waals surface area contributed by atoms with Gasteiger partial charge in [-0.05, 0) is 61.2 Å². The van der Waals surface area contributed by atoms with Crippen molar-refractivity contribution in [2.45, 2.75) is 51.1 Å². The lowest BCUT2D eigenvalue weighted by atomic mass is 10.0. The van der Waals surface area contributed by atoms with Crippen LogP contribution in [0.5, 0.6) is 5.75 Å². The molecule has 1 atom stereocenters. The van der Waals surface area contributed by atoms with Crippen LogP contribution in [0.3, 0.4) is 0 Å². The van der Waals surface area contributed by atoms with Crippen LogP contribution in [0.4, 0.5) is 5.69 Å². The molecule has 0 unspecified atom stereocenters. The van der Waals surface area contributed by atoms with Crippen molar-refractivity contribution in [2.24, 2.45) is 0 Å². The van der Waals surface area contributed by atoms with Gasteiger partial charge < -0.3 is 15.0 Å². The molecule has 9 heteroatoms. The number of carbonyl (C=O) groups excluding carboxylic acids is 2. The number of nitrogens with zero attached hydrogens (tertiary/aromatic N) is 2. The van der Waals surface area contributed by atoms with Crippen molar-refractivity contribution >= 4 is 27.5 Å². The van der Waals surface area contributed by atoms with E-state index in [2.05, 4.69) is 5.32 Å². The number of sulfonamides is 1. The maximum absolute atomic E-state index is 14.5. The highest BCUT2D eigenvalue weighted by molar-refractivity contribution is 7.92. The molecular formula is C36H41N3O5S. The largest absolute Gasteiger partial charge is 0.497 e. The van der Waals surface area contributed by atoms with Crippen LogP contribution < -0.4 is 14.4 Å². The smallest absolute Gasteiger partial charge is 0.264 e. The standard InChI is InChI=1S/C36H41N3O5S/c1-5-22-37-36(41)34(23-29-13-7-6-8-14-29)38(25-30-15-10-9-12-28(30)3)35(40)26-39(31-16-11-17-32(24-31)44-4)45(42,43)33-20-18-27(2)19-21-33/h6-21,24,34H,5,22-23,25-26H2,1-4H3,(H,37,41)/t34-/m0/s1. The van der Waals surface area contributed by atoms with E-state index in [0.717, 1.165) is 33.0 Å². The number of methoxy groups -OCH3 is 1. The third-order valence-corrected chi connectivity index (χ3v) is 9.44. The minimum absolute atomic E-state index is 0.0516. The number of aryl methyl sites for hydroxylation is 2. The summed E-state index contributed by atoms with van der Waals surface area (Å²) >= 11 is 0. The van der Waals surface area contributed by atoms with Gasteiger partial charge in [-0.2, -0.15) is 0 Å². The van der Waals surface area contributed by atoms with Gasteiger partial charge in [-0.15, -0.1) is 0 Å². The summed E-state index contributed by atoms with van der Waals surface area (Å²) in [6.45, 7) is 5.84. The average molecular weight is 628 g/mol. The lowest BCUT2D eigenvalue weighted by Gasteiger charge is -2.34. The van der Waals surface area contributed by atoms with E-state index in [9.17, 15) is 18.0 Å². The molecule has 0 aliphatic heterocycles. The molecule has 0 saturated heterocycles. The third-order valence-electron chi connectivity index (χ3n) is 7.65. The maximum atomic E-state index is 14.5. The van der Waals surface area contributed by atoms with Gasteiger partial charge in [0.25, 0.3) is 10.0 Å². The van der Waals surface area contributed by atoms with Gasteiger partial charge in [0.15, 0.2) is 0 Å². The Morgan fingerprint density at radius 1 is 0.867 bits per heavy atom. The molecule has 4 aromatic rings. The van der Waals surface area contributed by atoms with Crippen LogP contribution in [0.15, 0.2) is 108 Å². The second-order valence-corrected chi connectivity index (χ2v) is 12.8. The molecule has 1 N–H and O–H groups in total. The van der Waals surface area contributed by atoms with Crippen LogP contribution in [0.1, 0.15) is 35.6 Å². The monoisotopic (exact) mass is 627 g/mol. The van der Waals surface area contributed by atoms with Crippen molar-refractivity contribution in [3.63, 3.8) is 0 Å². The molecule has 0 aromatic heterocycles. The number of benzene rings is 4. The average Bonchev–Trinajstić information content (AvgIpc) is 3.05. The minimum atomic E-state index is -4.19. The van der Waals surface area contributed by atoms with Crippen LogP contribution >= 0.6 is 0 Å². The Kier molecular flexibility index (Phi) is 11.4. The van der Waals surface area contributed by atoms with E-state index < -0.39 is 28.5 Å². The number of anilines is 1. The predicted octanol–water partition coefficient (Wildman–Crippen LogP) is 5.67. The Morgan fingerprint density at radius 3 is 2.22 bits per heavy atom. The fourth-order valence-electron chi connectivity index (χ4n) is 5.02. The van der Waals surface area contributed by atoms with Gasteiger partial charge in [-0.3, -0.25) is 13.9 Å². The van der Waals surface area contributed by atoms with Crippen LogP contribution in [0.25, 0.3) is 0 Å². The van der Waals surface area contributed by atoms with Gasteiger partial charge in [-0.1, -0.05) is 85.3 Å². The molecule has 0 saturated carbocycles. The fourth-order valence-corrected chi connectivity index (χ4v) is 6.43. The summed E-state index contributed by atoms with van der Waals surface area (Å²) in [6, 6.07) is 29.4. The zero-order chi connectivity index (χ0) is 32.4. The van der Waals surface area contributed by atoms with Crippen molar-refractivity contribution in [1.82, 2.24) is 10.2 Å². The van der Waals surface area contributed by atoms with Crippen molar-refractivity contribution in [1.29, 1.82) is 0 Å². The topological polar surface area (TPSA) is 96.0 Å². The summed E-state index contributed by atoms with van der Waals surface area (Å²) in [5.41, 5.74) is 3.88. The summed E-state index contributed by atoms with van der Waals surface area (Å²) < 4.78 is 34.9. The van der Waals surface area contributed by atoms with Gasteiger partial charge in [-0.25, -0.2) is 8.42 Å². The zero-order valence-corrected chi connectivity index (χ0v) is 27.1. The van der Waals surface area contributed by atoms with Crippen molar-refractivity contribution in [3.8, 4) is 5.75 Å². The van der Waals surface area contributed by atoms with E-state index in [4.69, 9.17) is 4.74 Å². The highest BCUT2D eigenvalue weighted by Crippen LogP contribution is 2.28. The Balaban J connectivity index is 1.82. The third kappa shape index (κ3) is 8.51. The van der Waals surface area contributed by atoms with Gasteiger partial charge in [0, 0.05) is 25.6 Å². The van der Waals surface area contributed by atoms with Crippen molar-refractivity contribution < 1.29 is 22.7 Å². The van der Waals surface area contributed by atoms with E-state index in [1.54, 1.807) is 36.4 Å². The highest BCUT2D eigenvalue weighted by Gasteiger charge is 2.34. The Hall–Kier alpha value is -4.63. The molecule has 8 nitrogen and oxygen atoms in total. The zero-order valence-electron chi connectivity index (χ0n) is 26.3. The van der Waals surface area contributed by atoms with E-state index in [0.29, 0.717) is 12.3 Å². The van der Waals surface area contributed by atoms with Gasteiger partial charge in [0.1, 0.15) is 18.3 Å². The minimum Gasteiger partial charge on any atom is -0.497 e. The second-order valence-electron chi connectivity index (χ2n) is 11.0. The Morgan fingerprint density at radius 2 is 1.56 bits per heavy atom. The molecule has 0 aliphatic carbocycles. The highest BCUT2D eigenvalue weighted by atomic mass is 32.2. The van der Waals surface area contributed by atoms with E-state index in [-0.39, 0.29) is 29.5 Å². The lowest BCUT2D eigenvalue weighted by Crippen LogP contribution is -2.53. The Bertz CT molecular complexity index is 1690. The second kappa shape index (κ2) is 15.4. The fraction of sp³-hybridized carbons (Fsp3) is 0.278. The van der Waals surface area contributed by atoms with Crippen molar-refractivity contribution in [3.05, 3.63) is 125 Å². The summed E-state index contributed by atoms with van der Waals surface area (Å²) in [6.07, 6.45) is 0.992. The number of hydrogen-bond acceptors (Lipinski definition) is 5. The number of rotatable bonds is 14. The van der Waals surface area contributed by atoms with Crippen LogP contribution in [-0.2, 0) is 32.6 Å². The lowest BCUT2D eigenvalue weighted by molar-refractivity contribution is -0.140. The first-order valence-corrected chi connectivity index (χ1v) is 16.5. The molecule has 45 heavy (non-hydrogen) atoms. The summed E-state index contributed by atoms with van der Waals surface area (Å²) in [4.78, 5) is 29.9. The van der Waals surface area contributed by atoms with E-state index in [1.165, 1.54) is 24.1 Å². The molecule has 0 fully saturated rings. The van der Waals surface area contributed by atoms with Crippen LogP contribution in [0.2, 0.25) is 0 Å². The molecule has 0 spiro atoms. The normalized spacial score (nSPS) is 11.8. The molecule has 0 heterocycles. The number of nitrogens with one attached hydrogen (secondary N) is 1. The molecule has 236 valence electrons. The molecule has 2 amide bonds. The summed E-state index contributed by atoms with van der Waals surface area (Å²) in [7, 11) is -2.70. The first-order valence-electron chi connectivity index (χ1n) is 15.0. The van der Waals surface area contributed by atoms with E-state index in [1.807, 2.05) is 75.4 Å². The first kappa shape index (κ1) is 33.3. The molecule has 4 aromatic carbocycles. The maximum Gasteiger partial charge on any atom is 0.264 e. The van der Waals surface area contributed by atoms with Crippen LogP contribution in [0, 0.1) is 13.8 Å². The first-order chi connectivity index (χ1) is 21.6. The van der Waals surface area contributed by atoms with Gasteiger partial charge in [0.05, 0.1) is 17.7 Å². The predicted molar refractivity (Wildman–Crippen MR) is 178 cm³/mol. The SMILES string of the molecule is CCCNC(=O)[C@H](Cc1ccccc1)N(Cc1ccccc1C)C(=O)CN(c1cccc(OC)c1)S(=O)(=O)c1ccc(C)cc1. The quantitative estimate of drug-likeness (QED) is 0.194. The number of carbonyl (C=O) groups is 2. The number of amides is 2. The number of ether oxygens (including phenoxy) is 1. The molecular weight excluding hydrogens is 586 g/mol. The van der Waals surface area contributed by atoms with Gasteiger partial charge in [0.2, 0.25) is 11.8 Å². The number of hydrogen-bond donors (Lipinski definition) is 1. The molecule has 4 rings (SSSR count). The molecule has 0 radical (unpaired) electrons. The van der Waals surface area contributed by atoms with Crippen molar-refractivity contribution in [2.75, 3.05) is 24.5 Å². The Labute approximate surface area is 266 Å². The molecule has 0 aliphatic rings. The van der Waals surface area contributed by atoms with Crippen LogP contribution in [-0.4, -0.2) is 51.4 Å². The summed E-state index contributed by atoms with van der Waals surface area (Å²) in [5, 5.41) is 2.97. The summed E-state index contributed by atoms with van der Waals surface area (Å²) in [5.74, 6) is -0.358. The van der Waals surface area contributed by atoms with E-state index >= 15 is 0 Å². The van der Waals surface area contributed by atoms with Gasteiger partial charge >= 0.3 is 0 Å².